The smallest absolute Gasteiger partial charge is 0.399 e. The van der Waals surface area contributed by atoms with Gasteiger partial charge < -0.3 is 10.5 Å². The summed E-state index contributed by atoms with van der Waals surface area (Å²) in [6.07, 6.45) is -4.26. The van der Waals surface area contributed by atoms with Crippen LogP contribution in [-0.2, 0) is 4.74 Å². The zero-order chi connectivity index (χ0) is 12.9. The van der Waals surface area contributed by atoms with E-state index < -0.39 is 12.8 Å². The van der Waals surface area contributed by atoms with E-state index in [1.54, 1.807) is 12.1 Å². The lowest BCUT2D eigenvalue weighted by Gasteiger charge is -2.08. The highest BCUT2D eigenvalue weighted by molar-refractivity contribution is 9.10. The van der Waals surface area contributed by atoms with Crippen molar-refractivity contribution in [2.24, 2.45) is 0 Å². The van der Waals surface area contributed by atoms with E-state index >= 15 is 0 Å². The average molecular weight is 330 g/mol. The zero-order valence-electron chi connectivity index (χ0n) is 8.76. The van der Waals surface area contributed by atoms with Crippen LogP contribution in [0.15, 0.2) is 27.6 Å². The Morgan fingerprint density at radius 1 is 1.35 bits per heavy atom. The second-order valence-corrected chi connectivity index (χ2v) is 5.20. The van der Waals surface area contributed by atoms with Crippen molar-refractivity contribution in [1.29, 1.82) is 0 Å². The Morgan fingerprint density at radius 2 is 2.06 bits per heavy atom. The van der Waals surface area contributed by atoms with Crippen molar-refractivity contribution < 1.29 is 17.9 Å². The van der Waals surface area contributed by atoms with E-state index in [0.717, 1.165) is 9.37 Å². The minimum Gasteiger partial charge on any atom is -0.399 e. The number of benzene rings is 1. The first kappa shape index (κ1) is 14.7. The highest BCUT2D eigenvalue weighted by atomic mass is 79.9. The van der Waals surface area contributed by atoms with Crippen molar-refractivity contribution in [1.82, 2.24) is 0 Å². The standard InChI is InChI=1S/C10H11BrF3NOS/c11-8-5-7(15)1-2-9(8)17-4-3-16-6-10(12,13)14/h1-2,5H,3-4,6,15H2. The van der Waals surface area contributed by atoms with Crippen LogP contribution in [-0.4, -0.2) is 25.1 Å². The number of thioether (sulfide) groups is 1. The summed E-state index contributed by atoms with van der Waals surface area (Å²) in [6, 6.07) is 5.30. The number of hydrogen-bond donors (Lipinski definition) is 1. The molecule has 2 N–H and O–H groups in total. The van der Waals surface area contributed by atoms with Crippen molar-refractivity contribution in [3.05, 3.63) is 22.7 Å². The van der Waals surface area contributed by atoms with Gasteiger partial charge in [0.2, 0.25) is 0 Å². The van der Waals surface area contributed by atoms with Crippen molar-refractivity contribution in [3.63, 3.8) is 0 Å². The fourth-order valence-electron chi connectivity index (χ4n) is 1.03. The van der Waals surface area contributed by atoms with E-state index in [-0.39, 0.29) is 6.61 Å². The maximum Gasteiger partial charge on any atom is 0.411 e. The molecule has 0 bridgehead atoms. The van der Waals surface area contributed by atoms with Crippen LogP contribution >= 0.6 is 27.7 Å². The van der Waals surface area contributed by atoms with Gasteiger partial charge in [-0.25, -0.2) is 0 Å². The molecular weight excluding hydrogens is 319 g/mol. The third-order valence-electron chi connectivity index (χ3n) is 1.71. The molecule has 1 aromatic carbocycles. The van der Waals surface area contributed by atoms with Gasteiger partial charge in [0.15, 0.2) is 0 Å². The first-order chi connectivity index (χ1) is 7.88. The quantitative estimate of drug-likeness (QED) is 0.508. The molecule has 1 aromatic rings. The molecule has 0 aliphatic rings. The van der Waals surface area contributed by atoms with Crippen LogP contribution in [0.1, 0.15) is 0 Å². The van der Waals surface area contributed by atoms with E-state index in [1.165, 1.54) is 11.8 Å². The number of rotatable bonds is 5. The number of nitrogen functional groups attached to an aromatic ring is 1. The molecule has 0 saturated carbocycles. The highest BCUT2D eigenvalue weighted by Crippen LogP contribution is 2.29. The Morgan fingerprint density at radius 3 is 2.65 bits per heavy atom. The topological polar surface area (TPSA) is 35.2 Å². The van der Waals surface area contributed by atoms with Crippen molar-refractivity contribution in [2.75, 3.05) is 24.7 Å². The Balaban J connectivity index is 2.27. The number of ether oxygens (including phenoxy) is 1. The summed E-state index contributed by atoms with van der Waals surface area (Å²) >= 11 is 4.74. The van der Waals surface area contributed by atoms with Crippen LogP contribution in [0.4, 0.5) is 18.9 Å². The lowest BCUT2D eigenvalue weighted by Crippen LogP contribution is -2.17. The van der Waals surface area contributed by atoms with Gasteiger partial charge in [0.1, 0.15) is 6.61 Å². The second kappa shape index (κ2) is 6.51. The summed E-state index contributed by atoms with van der Waals surface area (Å²) in [4.78, 5) is 0.926. The van der Waals surface area contributed by atoms with E-state index in [4.69, 9.17) is 5.73 Å². The maximum absolute atomic E-state index is 11.8. The Labute approximate surface area is 110 Å². The summed E-state index contributed by atoms with van der Waals surface area (Å²) in [7, 11) is 0. The second-order valence-electron chi connectivity index (χ2n) is 3.21. The largest absolute Gasteiger partial charge is 0.411 e. The van der Waals surface area contributed by atoms with E-state index in [2.05, 4.69) is 20.7 Å². The lowest BCUT2D eigenvalue weighted by molar-refractivity contribution is -0.172. The average Bonchev–Trinajstić information content (AvgIpc) is 2.18. The molecule has 0 aliphatic heterocycles. The van der Waals surface area contributed by atoms with Gasteiger partial charge in [-0.2, -0.15) is 13.2 Å². The Bertz CT molecular complexity index is 373. The molecule has 0 heterocycles. The molecule has 1 rings (SSSR count). The van der Waals surface area contributed by atoms with Gasteiger partial charge in [-0.15, -0.1) is 11.8 Å². The van der Waals surface area contributed by atoms with Gasteiger partial charge in [-0.05, 0) is 34.1 Å². The molecule has 17 heavy (non-hydrogen) atoms. The van der Waals surface area contributed by atoms with Crippen LogP contribution < -0.4 is 5.73 Å². The van der Waals surface area contributed by atoms with Gasteiger partial charge >= 0.3 is 6.18 Å². The van der Waals surface area contributed by atoms with Crippen molar-refractivity contribution in [3.8, 4) is 0 Å². The maximum atomic E-state index is 11.8. The predicted octanol–water partition coefficient (Wildman–Crippen LogP) is 3.70. The number of halogens is 4. The van der Waals surface area contributed by atoms with E-state index in [9.17, 15) is 13.2 Å². The molecule has 0 atom stereocenters. The third kappa shape index (κ3) is 6.18. The van der Waals surface area contributed by atoms with Crippen LogP contribution in [0.3, 0.4) is 0 Å². The summed E-state index contributed by atoms with van der Waals surface area (Å²) in [5.74, 6) is 0.457. The van der Waals surface area contributed by atoms with Gasteiger partial charge in [-0.1, -0.05) is 0 Å². The third-order valence-corrected chi connectivity index (χ3v) is 3.66. The molecule has 96 valence electrons. The van der Waals surface area contributed by atoms with Gasteiger partial charge in [0.25, 0.3) is 0 Å². The molecule has 2 nitrogen and oxygen atoms in total. The van der Waals surface area contributed by atoms with Crippen molar-refractivity contribution in [2.45, 2.75) is 11.1 Å². The molecular formula is C10H11BrF3NOS. The number of anilines is 1. The predicted molar refractivity (Wildman–Crippen MR) is 66.2 cm³/mol. The zero-order valence-corrected chi connectivity index (χ0v) is 11.2. The van der Waals surface area contributed by atoms with Crippen LogP contribution in [0.5, 0.6) is 0 Å². The Kier molecular flexibility index (Phi) is 5.61. The molecule has 0 radical (unpaired) electrons. The van der Waals surface area contributed by atoms with Gasteiger partial charge in [0.05, 0.1) is 6.61 Å². The number of alkyl halides is 3. The minimum atomic E-state index is -4.26. The molecule has 0 spiro atoms. The normalized spacial score (nSPS) is 11.8. The van der Waals surface area contributed by atoms with Gasteiger partial charge in [0, 0.05) is 20.8 Å². The summed E-state index contributed by atoms with van der Waals surface area (Å²) < 4.78 is 40.6. The number of hydrogen-bond acceptors (Lipinski definition) is 3. The summed E-state index contributed by atoms with van der Waals surface area (Å²) in [5, 5.41) is 0. The minimum absolute atomic E-state index is 0.0565. The first-order valence-electron chi connectivity index (χ1n) is 4.71. The van der Waals surface area contributed by atoms with Gasteiger partial charge in [-0.3, -0.25) is 0 Å². The van der Waals surface area contributed by atoms with Crippen molar-refractivity contribution >= 4 is 33.4 Å². The molecule has 0 amide bonds. The fraction of sp³-hybridized carbons (Fsp3) is 0.400. The van der Waals surface area contributed by atoms with E-state index in [1.807, 2.05) is 6.07 Å². The Hall–Kier alpha value is -0.400. The van der Waals surface area contributed by atoms with Crippen LogP contribution in [0, 0.1) is 0 Å². The SMILES string of the molecule is Nc1ccc(SCCOCC(F)(F)F)c(Br)c1. The van der Waals surface area contributed by atoms with E-state index in [0.29, 0.717) is 11.4 Å². The summed E-state index contributed by atoms with van der Waals surface area (Å²) in [5.41, 5.74) is 6.20. The molecule has 7 heteroatoms. The molecule has 0 aliphatic carbocycles. The summed E-state index contributed by atoms with van der Waals surface area (Å²) in [6.45, 7) is -1.14. The first-order valence-corrected chi connectivity index (χ1v) is 6.48. The molecule has 0 aromatic heterocycles. The molecule has 0 fully saturated rings. The van der Waals surface area contributed by atoms with Crippen LogP contribution in [0.2, 0.25) is 0 Å². The van der Waals surface area contributed by atoms with Crippen LogP contribution in [0.25, 0.3) is 0 Å². The number of nitrogens with two attached hydrogens (primary N) is 1. The highest BCUT2D eigenvalue weighted by Gasteiger charge is 2.27. The fourth-order valence-corrected chi connectivity index (χ4v) is 2.55. The monoisotopic (exact) mass is 329 g/mol. The molecule has 0 unspecified atom stereocenters. The molecule has 0 saturated heterocycles. The lowest BCUT2D eigenvalue weighted by atomic mass is 10.3.